The third-order valence-corrected chi connectivity index (χ3v) is 3.01. The van der Waals surface area contributed by atoms with Gasteiger partial charge in [0.25, 0.3) is 5.91 Å². The smallest absolute Gasteiger partial charge is 0.257 e. The molecule has 2 N–H and O–H groups in total. The Kier molecular flexibility index (Phi) is 5.15. The van der Waals surface area contributed by atoms with Crippen LogP contribution in [0.5, 0.6) is 5.75 Å². The van der Waals surface area contributed by atoms with Gasteiger partial charge < -0.3 is 15.4 Å². The lowest BCUT2D eigenvalue weighted by Crippen LogP contribution is -2.30. The van der Waals surface area contributed by atoms with Gasteiger partial charge in [-0.05, 0) is 37.4 Å². The summed E-state index contributed by atoms with van der Waals surface area (Å²) in [5.74, 6) is 1.25. The second-order valence-corrected chi connectivity index (χ2v) is 4.80. The highest BCUT2D eigenvalue weighted by Gasteiger charge is 2.21. The van der Waals surface area contributed by atoms with Crippen molar-refractivity contribution in [2.24, 2.45) is 5.92 Å². The molecule has 0 atom stereocenters. The number of nitrogens with one attached hydrogen (secondary N) is 2. The molecule has 0 aromatic carbocycles. The fourth-order valence-electron chi connectivity index (χ4n) is 1.63. The van der Waals surface area contributed by atoms with Crippen molar-refractivity contribution < 1.29 is 9.53 Å². The van der Waals surface area contributed by atoms with E-state index in [1.54, 1.807) is 6.20 Å². The summed E-state index contributed by atoms with van der Waals surface area (Å²) in [7, 11) is 0. The van der Waals surface area contributed by atoms with Crippen LogP contribution in [-0.2, 0) is 11.3 Å². The molecule has 104 valence electrons. The Hall–Kier alpha value is -1.62. The fraction of sp³-hybridized carbons (Fsp3) is 0.571. The van der Waals surface area contributed by atoms with Crippen LogP contribution in [0, 0.1) is 5.92 Å². The van der Waals surface area contributed by atoms with Crippen LogP contribution in [0.1, 0.15) is 25.5 Å². The fourth-order valence-corrected chi connectivity index (χ4v) is 1.63. The monoisotopic (exact) mass is 263 g/mol. The first-order valence-electron chi connectivity index (χ1n) is 6.83. The molecule has 19 heavy (non-hydrogen) atoms. The van der Waals surface area contributed by atoms with Gasteiger partial charge in [-0.25, -0.2) is 0 Å². The van der Waals surface area contributed by atoms with Gasteiger partial charge in [0.15, 0.2) is 6.61 Å². The molecule has 2 rings (SSSR count). The summed E-state index contributed by atoms with van der Waals surface area (Å²) in [4.78, 5) is 15.7. The summed E-state index contributed by atoms with van der Waals surface area (Å²) in [5.41, 5.74) is 0.965. The highest BCUT2D eigenvalue weighted by atomic mass is 16.5. The molecule has 0 radical (unpaired) electrons. The van der Waals surface area contributed by atoms with Crippen molar-refractivity contribution in [1.82, 2.24) is 15.6 Å². The highest BCUT2D eigenvalue weighted by molar-refractivity contribution is 5.77. The Bertz CT molecular complexity index is 402. The van der Waals surface area contributed by atoms with Gasteiger partial charge in [-0.3, -0.25) is 9.78 Å². The molecular weight excluding hydrogens is 242 g/mol. The number of ether oxygens (including phenoxy) is 1. The maximum Gasteiger partial charge on any atom is 0.257 e. The number of rotatable bonds is 8. The molecule has 1 amide bonds. The molecule has 1 aromatic heterocycles. The number of pyridine rings is 1. The molecule has 1 aliphatic carbocycles. The van der Waals surface area contributed by atoms with Crippen LogP contribution in [-0.4, -0.2) is 30.6 Å². The van der Waals surface area contributed by atoms with Crippen molar-refractivity contribution in [3.63, 3.8) is 0 Å². The zero-order valence-electron chi connectivity index (χ0n) is 11.3. The van der Waals surface area contributed by atoms with Crippen molar-refractivity contribution in [1.29, 1.82) is 0 Å². The topological polar surface area (TPSA) is 63.2 Å². The van der Waals surface area contributed by atoms with E-state index in [1.807, 2.05) is 12.1 Å². The molecule has 1 aromatic rings. The average Bonchev–Trinajstić information content (AvgIpc) is 3.26. The molecule has 1 fully saturated rings. The largest absolute Gasteiger partial charge is 0.482 e. The van der Waals surface area contributed by atoms with Gasteiger partial charge in [-0.15, -0.1) is 0 Å². The van der Waals surface area contributed by atoms with Crippen LogP contribution >= 0.6 is 0 Å². The Labute approximate surface area is 113 Å². The van der Waals surface area contributed by atoms with Gasteiger partial charge in [0, 0.05) is 13.1 Å². The van der Waals surface area contributed by atoms with E-state index in [0.29, 0.717) is 11.7 Å². The van der Waals surface area contributed by atoms with Gasteiger partial charge in [0.05, 0.1) is 11.9 Å². The lowest BCUT2D eigenvalue weighted by Gasteiger charge is -2.07. The summed E-state index contributed by atoms with van der Waals surface area (Å²) in [6.45, 7) is 4.56. The number of carbonyl (C=O) groups is 1. The molecule has 1 aliphatic rings. The average molecular weight is 263 g/mol. The van der Waals surface area contributed by atoms with E-state index in [1.165, 1.54) is 12.8 Å². The van der Waals surface area contributed by atoms with Crippen LogP contribution in [0.15, 0.2) is 18.3 Å². The molecule has 0 unspecified atom stereocenters. The molecule has 0 spiro atoms. The lowest BCUT2D eigenvalue weighted by atomic mass is 10.3. The molecular formula is C14H21N3O2. The van der Waals surface area contributed by atoms with Crippen molar-refractivity contribution in [2.75, 3.05) is 19.7 Å². The van der Waals surface area contributed by atoms with Gasteiger partial charge >= 0.3 is 0 Å². The van der Waals surface area contributed by atoms with E-state index in [0.717, 1.165) is 25.3 Å². The SMILES string of the molecule is CCNCc1ccc(OCC(=O)NCC2CC2)cn1. The molecule has 0 bridgehead atoms. The molecule has 1 saturated carbocycles. The normalized spacial score (nSPS) is 14.2. The third kappa shape index (κ3) is 5.26. The van der Waals surface area contributed by atoms with E-state index in [9.17, 15) is 4.79 Å². The third-order valence-electron chi connectivity index (χ3n) is 3.01. The first-order chi connectivity index (χ1) is 9.28. The molecule has 5 nitrogen and oxygen atoms in total. The molecule has 1 heterocycles. The van der Waals surface area contributed by atoms with Crippen molar-refractivity contribution in [3.05, 3.63) is 24.0 Å². The van der Waals surface area contributed by atoms with Crippen LogP contribution < -0.4 is 15.4 Å². The van der Waals surface area contributed by atoms with Crippen molar-refractivity contribution >= 4 is 5.91 Å². The van der Waals surface area contributed by atoms with Crippen LogP contribution in [0.4, 0.5) is 0 Å². The minimum absolute atomic E-state index is 0.0565. The van der Waals surface area contributed by atoms with E-state index >= 15 is 0 Å². The quantitative estimate of drug-likeness (QED) is 0.737. The molecule has 0 aliphatic heterocycles. The standard InChI is InChI=1S/C14H21N3O2/c1-2-15-8-12-5-6-13(9-16-12)19-10-14(18)17-7-11-3-4-11/h5-6,9,11,15H,2-4,7-8,10H2,1H3,(H,17,18). The Morgan fingerprint density at radius 3 is 2.95 bits per heavy atom. The van der Waals surface area contributed by atoms with E-state index in [-0.39, 0.29) is 12.5 Å². The predicted molar refractivity (Wildman–Crippen MR) is 72.8 cm³/mol. The van der Waals surface area contributed by atoms with E-state index in [4.69, 9.17) is 4.74 Å². The summed E-state index contributed by atoms with van der Waals surface area (Å²) in [6, 6.07) is 3.74. The number of amides is 1. The van der Waals surface area contributed by atoms with Gasteiger partial charge in [-0.2, -0.15) is 0 Å². The first-order valence-corrected chi connectivity index (χ1v) is 6.83. The van der Waals surface area contributed by atoms with Gasteiger partial charge in [0.1, 0.15) is 5.75 Å². The van der Waals surface area contributed by atoms with E-state index in [2.05, 4.69) is 22.5 Å². The van der Waals surface area contributed by atoms with Crippen LogP contribution in [0.3, 0.4) is 0 Å². The molecule has 5 heteroatoms. The zero-order chi connectivity index (χ0) is 13.5. The first kappa shape index (κ1) is 13.8. The summed E-state index contributed by atoms with van der Waals surface area (Å²) in [6.07, 6.45) is 4.12. The minimum atomic E-state index is -0.0661. The minimum Gasteiger partial charge on any atom is -0.482 e. The Morgan fingerprint density at radius 1 is 1.47 bits per heavy atom. The summed E-state index contributed by atoms with van der Waals surface area (Å²) < 4.78 is 5.39. The Morgan fingerprint density at radius 2 is 2.32 bits per heavy atom. The number of hydrogen-bond acceptors (Lipinski definition) is 4. The highest BCUT2D eigenvalue weighted by Crippen LogP contribution is 2.27. The second kappa shape index (κ2) is 7.09. The van der Waals surface area contributed by atoms with E-state index < -0.39 is 0 Å². The van der Waals surface area contributed by atoms with Crippen LogP contribution in [0.2, 0.25) is 0 Å². The number of carbonyl (C=O) groups excluding carboxylic acids is 1. The summed E-state index contributed by atoms with van der Waals surface area (Å²) >= 11 is 0. The zero-order valence-corrected chi connectivity index (χ0v) is 11.3. The summed E-state index contributed by atoms with van der Waals surface area (Å²) in [5, 5.41) is 6.06. The maximum atomic E-state index is 11.5. The van der Waals surface area contributed by atoms with Crippen LogP contribution in [0.25, 0.3) is 0 Å². The molecule has 0 saturated heterocycles. The lowest BCUT2D eigenvalue weighted by molar-refractivity contribution is -0.123. The predicted octanol–water partition coefficient (Wildman–Crippen LogP) is 1.10. The van der Waals surface area contributed by atoms with Gasteiger partial charge in [-0.1, -0.05) is 6.92 Å². The number of hydrogen-bond donors (Lipinski definition) is 2. The second-order valence-electron chi connectivity index (χ2n) is 4.80. The number of aromatic nitrogens is 1. The van der Waals surface area contributed by atoms with Crippen molar-refractivity contribution in [3.8, 4) is 5.75 Å². The van der Waals surface area contributed by atoms with Gasteiger partial charge in [0.2, 0.25) is 0 Å². The Balaban J connectivity index is 1.67. The van der Waals surface area contributed by atoms with Crippen molar-refractivity contribution in [2.45, 2.75) is 26.3 Å². The maximum absolute atomic E-state index is 11.5. The number of nitrogens with zero attached hydrogens (tertiary/aromatic N) is 1.